The van der Waals surface area contributed by atoms with Gasteiger partial charge in [-0.05, 0) is 49.6 Å². The van der Waals surface area contributed by atoms with Gasteiger partial charge in [0.05, 0.1) is 10.7 Å². The summed E-state index contributed by atoms with van der Waals surface area (Å²) in [5.41, 5.74) is 3.72. The Morgan fingerprint density at radius 2 is 1.87 bits per heavy atom. The first-order valence-corrected chi connectivity index (χ1v) is 12.2. The lowest BCUT2D eigenvalue weighted by Gasteiger charge is -2.20. The molecule has 0 radical (unpaired) electrons. The molecule has 0 amide bonds. The van der Waals surface area contributed by atoms with Crippen LogP contribution >= 0.6 is 23.1 Å². The number of allylic oxidation sites excluding steroid dienone is 2. The van der Waals surface area contributed by atoms with Gasteiger partial charge < -0.3 is 10.0 Å². The van der Waals surface area contributed by atoms with Crippen LogP contribution in [0.25, 0.3) is 16.3 Å². The molecule has 0 spiro atoms. The number of benzene rings is 2. The molecule has 0 atom stereocenters. The highest BCUT2D eigenvalue weighted by Crippen LogP contribution is 2.46. The third kappa shape index (κ3) is 5.02. The fraction of sp³-hybridized carbons (Fsp3) is 0.280. The van der Waals surface area contributed by atoms with Gasteiger partial charge in [0.1, 0.15) is 11.7 Å². The summed E-state index contributed by atoms with van der Waals surface area (Å²) in [6.45, 7) is 3.06. The first kappa shape index (κ1) is 21.7. The molecule has 1 aliphatic heterocycles. The van der Waals surface area contributed by atoms with Crippen molar-refractivity contribution in [3.63, 3.8) is 0 Å². The fourth-order valence-corrected chi connectivity index (χ4v) is 6.15. The number of carboxylic acids is 1. The predicted molar refractivity (Wildman–Crippen MR) is 130 cm³/mol. The zero-order chi connectivity index (χ0) is 21.8. The average molecular weight is 452 g/mol. The van der Waals surface area contributed by atoms with Gasteiger partial charge in [-0.15, -0.1) is 0 Å². The van der Waals surface area contributed by atoms with E-state index >= 15 is 0 Å². The van der Waals surface area contributed by atoms with Crippen molar-refractivity contribution in [3.05, 3.63) is 70.2 Å². The normalized spacial score (nSPS) is 15.1. The van der Waals surface area contributed by atoms with E-state index in [-0.39, 0.29) is 6.42 Å². The van der Waals surface area contributed by atoms with Gasteiger partial charge in [-0.25, -0.2) is 0 Å². The van der Waals surface area contributed by atoms with E-state index in [4.69, 9.17) is 5.11 Å². The topological polar surface area (TPSA) is 44.4 Å². The third-order valence-electron chi connectivity index (χ3n) is 5.38. The Labute approximate surface area is 191 Å². The van der Waals surface area contributed by atoms with E-state index in [1.54, 1.807) is 0 Å². The fourth-order valence-electron chi connectivity index (χ4n) is 3.79. The Morgan fingerprint density at radius 1 is 1.10 bits per heavy atom. The minimum absolute atomic E-state index is 0.252. The SMILES string of the molecule is CC(=Cc1sc2ccccc2[n+]1C)C=C1Sc2ccccc2N1CCCCCC(=O)O. The summed E-state index contributed by atoms with van der Waals surface area (Å²) in [7, 11) is 2.12. The molecule has 0 saturated carbocycles. The smallest absolute Gasteiger partial charge is 0.303 e. The molecule has 1 aromatic heterocycles. The molecule has 0 aliphatic carbocycles. The number of fused-ring (bicyclic) bond motifs is 2. The highest BCUT2D eigenvalue weighted by Gasteiger charge is 2.24. The van der Waals surface area contributed by atoms with Crippen LogP contribution in [0.3, 0.4) is 0 Å². The number of anilines is 1. The molecule has 160 valence electrons. The van der Waals surface area contributed by atoms with E-state index in [0.717, 1.165) is 25.8 Å². The zero-order valence-electron chi connectivity index (χ0n) is 17.9. The van der Waals surface area contributed by atoms with Gasteiger partial charge in [0.25, 0.3) is 5.01 Å². The molecular formula is C25H27N2O2S2+. The summed E-state index contributed by atoms with van der Waals surface area (Å²) >= 11 is 3.62. The standard InChI is InChI=1S/C25H26N2O2S2/c1-18(16-23-26(2)19-10-5-7-12-21(19)30-23)17-24-27(15-9-3-4-14-25(28)29)20-11-6-8-13-22(20)31-24/h5-8,10-13,16-17H,3-4,9,14-15H2,1-2H3/p+1. The van der Waals surface area contributed by atoms with Crippen LogP contribution in [-0.4, -0.2) is 17.6 Å². The zero-order valence-corrected chi connectivity index (χ0v) is 19.5. The number of aryl methyl sites for hydroxylation is 1. The largest absolute Gasteiger partial charge is 0.481 e. The molecule has 0 bridgehead atoms. The van der Waals surface area contributed by atoms with Crippen molar-refractivity contribution in [2.24, 2.45) is 7.05 Å². The highest BCUT2D eigenvalue weighted by molar-refractivity contribution is 8.03. The Kier molecular flexibility index (Phi) is 6.78. The maximum atomic E-state index is 10.8. The number of thiazole rings is 1. The summed E-state index contributed by atoms with van der Waals surface area (Å²) in [6.07, 6.45) is 7.42. The number of nitrogens with zero attached hydrogens (tertiary/aromatic N) is 2. The lowest BCUT2D eigenvalue weighted by Crippen LogP contribution is -2.28. The van der Waals surface area contributed by atoms with Crippen molar-refractivity contribution < 1.29 is 14.5 Å². The van der Waals surface area contributed by atoms with Crippen molar-refractivity contribution in [1.29, 1.82) is 0 Å². The van der Waals surface area contributed by atoms with E-state index in [0.29, 0.717) is 0 Å². The quantitative estimate of drug-likeness (QED) is 0.326. The number of rotatable bonds is 8. The summed E-state index contributed by atoms with van der Waals surface area (Å²) in [4.78, 5) is 14.4. The van der Waals surface area contributed by atoms with Gasteiger partial charge in [0.2, 0.25) is 5.52 Å². The Bertz CT molecular complexity index is 1160. The number of hydrogen-bond acceptors (Lipinski definition) is 4. The second kappa shape index (κ2) is 9.71. The molecule has 0 saturated heterocycles. The van der Waals surface area contributed by atoms with Crippen LogP contribution in [-0.2, 0) is 11.8 Å². The van der Waals surface area contributed by atoms with Gasteiger partial charge in [-0.1, -0.05) is 53.8 Å². The van der Waals surface area contributed by atoms with E-state index in [2.05, 4.69) is 84.1 Å². The molecule has 4 rings (SSSR count). The number of carboxylic acid groups (broad SMARTS) is 1. The van der Waals surface area contributed by atoms with Gasteiger partial charge in [0, 0.05) is 30.0 Å². The Hall–Kier alpha value is -2.57. The monoisotopic (exact) mass is 451 g/mol. The maximum Gasteiger partial charge on any atom is 0.303 e. The van der Waals surface area contributed by atoms with Crippen molar-refractivity contribution in [2.45, 2.75) is 37.5 Å². The van der Waals surface area contributed by atoms with Crippen LogP contribution < -0.4 is 9.47 Å². The molecule has 2 heterocycles. The average Bonchev–Trinajstić information content (AvgIpc) is 3.25. The van der Waals surface area contributed by atoms with Gasteiger partial charge in [0.15, 0.2) is 0 Å². The van der Waals surface area contributed by atoms with E-state index in [1.807, 2.05) is 23.1 Å². The number of aliphatic carboxylic acids is 1. The molecule has 2 aromatic carbocycles. The van der Waals surface area contributed by atoms with Gasteiger partial charge in [-0.2, -0.15) is 4.57 Å². The summed E-state index contributed by atoms with van der Waals surface area (Å²) in [5.74, 6) is -0.710. The van der Waals surface area contributed by atoms with Crippen LogP contribution in [0.1, 0.15) is 37.6 Å². The number of carbonyl (C=O) groups is 1. The molecule has 4 nitrogen and oxygen atoms in total. The Morgan fingerprint density at radius 3 is 2.68 bits per heavy atom. The highest BCUT2D eigenvalue weighted by atomic mass is 32.2. The summed E-state index contributed by atoms with van der Waals surface area (Å²) in [6, 6.07) is 17.0. The van der Waals surface area contributed by atoms with Gasteiger partial charge in [-0.3, -0.25) is 4.79 Å². The molecule has 31 heavy (non-hydrogen) atoms. The number of thioether (sulfide) groups is 1. The van der Waals surface area contributed by atoms with Crippen molar-refractivity contribution in [3.8, 4) is 0 Å². The summed E-state index contributed by atoms with van der Waals surface area (Å²) in [5, 5.41) is 11.3. The van der Waals surface area contributed by atoms with E-state index in [9.17, 15) is 4.79 Å². The lowest BCUT2D eigenvalue weighted by atomic mass is 10.2. The van der Waals surface area contributed by atoms with Crippen molar-refractivity contribution >= 4 is 51.0 Å². The van der Waals surface area contributed by atoms with Crippen molar-refractivity contribution in [2.75, 3.05) is 11.4 Å². The summed E-state index contributed by atoms with van der Waals surface area (Å²) < 4.78 is 3.54. The van der Waals surface area contributed by atoms with Crippen molar-refractivity contribution in [1.82, 2.24) is 0 Å². The van der Waals surface area contributed by atoms with Crippen LogP contribution in [0.2, 0.25) is 0 Å². The maximum absolute atomic E-state index is 10.8. The van der Waals surface area contributed by atoms with Crippen LogP contribution in [0.4, 0.5) is 5.69 Å². The molecular weight excluding hydrogens is 424 g/mol. The van der Waals surface area contributed by atoms with Crippen LogP contribution in [0.5, 0.6) is 0 Å². The number of unbranched alkanes of at least 4 members (excludes halogenated alkanes) is 2. The van der Waals surface area contributed by atoms with Crippen LogP contribution in [0, 0.1) is 0 Å². The second-order valence-electron chi connectivity index (χ2n) is 7.76. The first-order valence-electron chi connectivity index (χ1n) is 10.6. The minimum atomic E-state index is -0.710. The third-order valence-corrected chi connectivity index (χ3v) is 7.66. The number of hydrogen-bond donors (Lipinski definition) is 1. The molecule has 1 aliphatic rings. The molecule has 3 aromatic rings. The predicted octanol–water partition coefficient (Wildman–Crippen LogP) is 6.23. The van der Waals surface area contributed by atoms with Crippen LogP contribution in [0.15, 0.2) is 70.1 Å². The van der Waals surface area contributed by atoms with Gasteiger partial charge >= 0.3 is 5.97 Å². The molecule has 1 N–H and O–H groups in total. The lowest BCUT2D eigenvalue weighted by molar-refractivity contribution is -0.642. The molecule has 0 fully saturated rings. The molecule has 0 unspecified atom stereocenters. The molecule has 6 heteroatoms. The van der Waals surface area contributed by atoms with E-state index in [1.165, 1.54) is 36.4 Å². The minimum Gasteiger partial charge on any atom is -0.481 e. The first-order chi connectivity index (χ1) is 15.0. The number of para-hydroxylation sites is 2. The second-order valence-corrected chi connectivity index (χ2v) is 9.89. The van der Waals surface area contributed by atoms with E-state index < -0.39 is 5.97 Å². The Balaban J connectivity index is 1.54. The number of aromatic nitrogens is 1.